The van der Waals surface area contributed by atoms with E-state index >= 15 is 0 Å². The number of nitrogens with zero attached hydrogens (tertiary/aromatic N) is 5. The molecule has 164 valence electrons. The second-order valence-corrected chi connectivity index (χ2v) is 8.60. The van der Waals surface area contributed by atoms with E-state index in [-0.39, 0.29) is 11.5 Å². The predicted molar refractivity (Wildman–Crippen MR) is 132 cm³/mol. The number of hydrogen-bond acceptors (Lipinski definition) is 8. The maximum Gasteiger partial charge on any atom is 0.267 e. The SMILES string of the molecule is C[C@H](Nc1nc(N)ncc1-c1cncs1)c1nc2cccc(Cl)c2c(=O)n1-c1ccccc1. The van der Waals surface area contributed by atoms with Gasteiger partial charge < -0.3 is 11.1 Å². The van der Waals surface area contributed by atoms with E-state index in [9.17, 15) is 4.79 Å². The highest BCUT2D eigenvalue weighted by Crippen LogP contribution is 2.32. The number of benzene rings is 2. The normalized spacial score (nSPS) is 12.1. The van der Waals surface area contributed by atoms with Gasteiger partial charge in [0, 0.05) is 12.4 Å². The Hall–Kier alpha value is -3.82. The van der Waals surface area contributed by atoms with E-state index in [1.54, 1.807) is 40.7 Å². The molecule has 2 aromatic carbocycles. The first-order chi connectivity index (χ1) is 16.0. The van der Waals surface area contributed by atoms with E-state index < -0.39 is 6.04 Å². The molecule has 0 aliphatic rings. The third-order valence-electron chi connectivity index (χ3n) is 5.13. The van der Waals surface area contributed by atoms with Crippen molar-refractivity contribution in [2.75, 3.05) is 11.1 Å². The van der Waals surface area contributed by atoms with Crippen molar-refractivity contribution in [3.8, 4) is 16.1 Å². The molecule has 5 aromatic rings. The molecule has 3 heterocycles. The molecule has 0 spiro atoms. The van der Waals surface area contributed by atoms with Gasteiger partial charge in [0.15, 0.2) is 0 Å². The molecule has 0 radical (unpaired) electrons. The lowest BCUT2D eigenvalue weighted by Crippen LogP contribution is -2.27. The summed E-state index contributed by atoms with van der Waals surface area (Å²) in [6, 6.07) is 14.2. The average molecular weight is 476 g/mol. The third kappa shape index (κ3) is 3.92. The molecule has 33 heavy (non-hydrogen) atoms. The molecule has 8 nitrogen and oxygen atoms in total. The molecule has 3 aromatic heterocycles. The molecule has 0 aliphatic carbocycles. The Morgan fingerprint density at radius 1 is 1.09 bits per heavy atom. The van der Waals surface area contributed by atoms with Crippen LogP contribution in [0.4, 0.5) is 11.8 Å². The highest BCUT2D eigenvalue weighted by molar-refractivity contribution is 7.13. The summed E-state index contributed by atoms with van der Waals surface area (Å²) in [5.41, 5.74) is 9.33. The van der Waals surface area contributed by atoms with E-state index in [1.807, 2.05) is 37.3 Å². The van der Waals surface area contributed by atoms with Crippen LogP contribution in [0.1, 0.15) is 18.8 Å². The van der Waals surface area contributed by atoms with Gasteiger partial charge in [0.05, 0.1) is 43.6 Å². The van der Waals surface area contributed by atoms with Crippen LogP contribution in [0, 0.1) is 0 Å². The van der Waals surface area contributed by atoms with Crippen LogP contribution in [0.25, 0.3) is 27.0 Å². The van der Waals surface area contributed by atoms with Crippen LogP contribution in [0.5, 0.6) is 0 Å². The molecule has 1 atom stereocenters. The first-order valence-electron chi connectivity index (χ1n) is 10.1. The van der Waals surface area contributed by atoms with Crippen molar-refractivity contribution >= 4 is 45.6 Å². The number of para-hydroxylation sites is 1. The van der Waals surface area contributed by atoms with Crippen molar-refractivity contribution < 1.29 is 0 Å². The van der Waals surface area contributed by atoms with Crippen molar-refractivity contribution in [1.29, 1.82) is 0 Å². The zero-order chi connectivity index (χ0) is 22.9. The van der Waals surface area contributed by atoms with Crippen LogP contribution in [0.15, 0.2) is 71.2 Å². The van der Waals surface area contributed by atoms with Gasteiger partial charge in [-0.15, -0.1) is 11.3 Å². The fourth-order valence-corrected chi connectivity index (χ4v) is 4.51. The Bertz CT molecular complexity index is 1500. The summed E-state index contributed by atoms with van der Waals surface area (Å²) >= 11 is 7.84. The minimum atomic E-state index is -0.415. The van der Waals surface area contributed by atoms with Crippen molar-refractivity contribution in [3.63, 3.8) is 0 Å². The van der Waals surface area contributed by atoms with E-state index in [2.05, 4.69) is 20.3 Å². The summed E-state index contributed by atoms with van der Waals surface area (Å²) in [5, 5.41) is 4.10. The molecule has 0 amide bonds. The molecule has 0 unspecified atom stereocenters. The van der Waals surface area contributed by atoms with Gasteiger partial charge in [-0.1, -0.05) is 35.9 Å². The summed E-state index contributed by atoms with van der Waals surface area (Å²) in [6.07, 6.45) is 3.40. The van der Waals surface area contributed by atoms with E-state index in [0.29, 0.717) is 33.3 Å². The minimum absolute atomic E-state index is 0.136. The van der Waals surface area contributed by atoms with Crippen molar-refractivity contribution in [1.82, 2.24) is 24.5 Å². The van der Waals surface area contributed by atoms with Crippen LogP contribution in [0.2, 0.25) is 5.02 Å². The van der Waals surface area contributed by atoms with Gasteiger partial charge in [0.2, 0.25) is 5.95 Å². The largest absolute Gasteiger partial charge is 0.368 e. The predicted octanol–water partition coefficient (Wildman–Crippen LogP) is 4.71. The van der Waals surface area contributed by atoms with Gasteiger partial charge in [-0.2, -0.15) is 4.98 Å². The molecule has 10 heteroatoms. The molecule has 0 saturated carbocycles. The smallest absolute Gasteiger partial charge is 0.267 e. The monoisotopic (exact) mass is 475 g/mol. The maximum atomic E-state index is 13.6. The lowest BCUT2D eigenvalue weighted by molar-refractivity contribution is 0.731. The number of nitrogens with two attached hydrogens (primary N) is 1. The summed E-state index contributed by atoms with van der Waals surface area (Å²) in [4.78, 5) is 32.0. The Morgan fingerprint density at radius 2 is 1.91 bits per heavy atom. The molecule has 0 fully saturated rings. The zero-order valence-electron chi connectivity index (χ0n) is 17.4. The second-order valence-electron chi connectivity index (χ2n) is 7.30. The molecular formula is C23H18ClN7OS. The molecule has 0 aliphatic heterocycles. The number of nitrogen functional groups attached to an aromatic ring is 1. The molecular weight excluding hydrogens is 458 g/mol. The minimum Gasteiger partial charge on any atom is -0.368 e. The Balaban J connectivity index is 1.68. The van der Waals surface area contributed by atoms with Crippen LogP contribution in [-0.4, -0.2) is 24.5 Å². The summed E-state index contributed by atoms with van der Waals surface area (Å²) in [7, 11) is 0. The molecule has 5 rings (SSSR count). The highest BCUT2D eigenvalue weighted by atomic mass is 35.5. The van der Waals surface area contributed by atoms with Gasteiger partial charge in [-0.3, -0.25) is 14.3 Å². The van der Waals surface area contributed by atoms with Gasteiger partial charge in [-0.05, 0) is 31.2 Å². The lowest BCUT2D eigenvalue weighted by Gasteiger charge is -2.21. The maximum absolute atomic E-state index is 13.6. The number of rotatable bonds is 5. The van der Waals surface area contributed by atoms with Crippen LogP contribution >= 0.6 is 22.9 Å². The Labute approximate surface area is 197 Å². The van der Waals surface area contributed by atoms with E-state index in [0.717, 1.165) is 10.4 Å². The number of halogens is 1. The van der Waals surface area contributed by atoms with E-state index in [4.69, 9.17) is 22.3 Å². The number of anilines is 2. The number of thiazole rings is 1. The molecule has 0 saturated heterocycles. The summed E-state index contributed by atoms with van der Waals surface area (Å²) in [5.74, 6) is 1.17. The zero-order valence-corrected chi connectivity index (χ0v) is 19.0. The molecule has 3 N–H and O–H groups in total. The van der Waals surface area contributed by atoms with Crippen molar-refractivity contribution in [3.05, 3.63) is 87.6 Å². The molecule has 0 bridgehead atoms. The average Bonchev–Trinajstić information content (AvgIpc) is 3.34. The quantitative estimate of drug-likeness (QED) is 0.378. The highest BCUT2D eigenvalue weighted by Gasteiger charge is 2.21. The third-order valence-corrected chi connectivity index (χ3v) is 6.25. The standard InChI is InChI=1S/C23H18ClN7OS/c1-13(28-20-15(10-27-23(25)30-20)18-11-26-12-33-18)21-29-17-9-5-8-16(24)19(17)22(32)31(21)14-6-3-2-4-7-14/h2-13H,1H3,(H3,25,27,28,30)/t13-/m0/s1. The van der Waals surface area contributed by atoms with Crippen molar-refractivity contribution in [2.45, 2.75) is 13.0 Å². The van der Waals surface area contributed by atoms with E-state index in [1.165, 1.54) is 11.3 Å². The van der Waals surface area contributed by atoms with Crippen molar-refractivity contribution in [2.24, 2.45) is 0 Å². The summed E-state index contributed by atoms with van der Waals surface area (Å²) in [6.45, 7) is 1.91. The first kappa shape index (κ1) is 21.0. The Morgan fingerprint density at radius 3 is 2.67 bits per heavy atom. The van der Waals surface area contributed by atoms with Crippen LogP contribution < -0.4 is 16.6 Å². The van der Waals surface area contributed by atoms with Crippen LogP contribution in [0.3, 0.4) is 0 Å². The van der Waals surface area contributed by atoms with Crippen LogP contribution in [-0.2, 0) is 0 Å². The number of aromatic nitrogens is 5. The lowest BCUT2D eigenvalue weighted by atomic mass is 10.2. The second kappa shape index (κ2) is 8.61. The topological polar surface area (TPSA) is 112 Å². The van der Waals surface area contributed by atoms with Gasteiger partial charge in [0.1, 0.15) is 11.6 Å². The van der Waals surface area contributed by atoms with Gasteiger partial charge in [-0.25, -0.2) is 9.97 Å². The summed E-state index contributed by atoms with van der Waals surface area (Å²) < 4.78 is 1.57. The Kier molecular flexibility index (Phi) is 5.49. The number of hydrogen-bond donors (Lipinski definition) is 2. The van der Waals surface area contributed by atoms with Gasteiger partial charge in [0.25, 0.3) is 5.56 Å². The number of fused-ring (bicyclic) bond motifs is 1. The fourth-order valence-electron chi connectivity index (χ4n) is 3.63. The fraction of sp³-hybridized carbons (Fsp3) is 0.0870. The number of nitrogens with one attached hydrogen (secondary N) is 1. The van der Waals surface area contributed by atoms with Gasteiger partial charge >= 0.3 is 0 Å². The first-order valence-corrected chi connectivity index (χ1v) is 11.3.